The summed E-state index contributed by atoms with van der Waals surface area (Å²) in [7, 11) is 0. The number of carbonyl (C=O) groups excluding carboxylic acids is 3. The zero-order valence-electron chi connectivity index (χ0n) is 18.5. The summed E-state index contributed by atoms with van der Waals surface area (Å²) < 4.78 is 10.3. The van der Waals surface area contributed by atoms with Gasteiger partial charge in [0.25, 0.3) is 0 Å². The fourth-order valence-corrected chi connectivity index (χ4v) is 5.21. The molecular weight excluding hydrogens is 460 g/mol. The second-order valence-electron chi connectivity index (χ2n) is 7.43. The van der Waals surface area contributed by atoms with E-state index in [1.165, 1.54) is 28.7 Å². The normalized spacial score (nSPS) is 14.5. The van der Waals surface area contributed by atoms with Crippen LogP contribution in [0, 0.1) is 11.3 Å². The van der Waals surface area contributed by atoms with Crippen molar-refractivity contribution in [3.63, 3.8) is 0 Å². The summed E-state index contributed by atoms with van der Waals surface area (Å²) in [6.07, 6.45) is 2.77. The van der Waals surface area contributed by atoms with E-state index in [1.54, 1.807) is 26.0 Å². The van der Waals surface area contributed by atoms with Crippen molar-refractivity contribution in [2.75, 3.05) is 24.6 Å². The fraction of sp³-hybridized carbons (Fsp3) is 0.333. The first-order chi connectivity index (χ1) is 15.8. The van der Waals surface area contributed by atoms with E-state index in [-0.39, 0.29) is 30.0 Å². The first-order valence-corrected chi connectivity index (χ1v) is 12.1. The van der Waals surface area contributed by atoms with Crippen molar-refractivity contribution in [3.05, 3.63) is 56.6 Å². The first-order valence-electron chi connectivity index (χ1n) is 10.5. The SMILES string of the molecule is C=C(C)C(=O)OC1CCN(c2ccc(C(=O)c3ccc(C=C(C#N)C(=O)OCC)s3)s2)CC1. The monoisotopic (exact) mass is 484 g/mol. The van der Waals surface area contributed by atoms with Crippen LogP contribution >= 0.6 is 22.7 Å². The Labute approximate surface area is 200 Å². The van der Waals surface area contributed by atoms with Gasteiger partial charge in [-0.3, -0.25) is 4.79 Å². The Hall–Kier alpha value is -3.22. The Morgan fingerprint density at radius 3 is 2.45 bits per heavy atom. The molecule has 1 saturated heterocycles. The Morgan fingerprint density at radius 2 is 1.82 bits per heavy atom. The van der Waals surface area contributed by atoms with Crippen LogP contribution in [0.15, 0.2) is 42.0 Å². The minimum absolute atomic E-state index is 0.101. The Kier molecular flexibility index (Phi) is 8.20. The summed E-state index contributed by atoms with van der Waals surface area (Å²) >= 11 is 2.64. The molecule has 0 N–H and O–H groups in total. The molecule has 0 unspecified atom stereocenters. The fourth-order valence-electron chi connectivity index (χ4n) is 3.23. The van der Waals surface area contributed by atoms with Crippen LogP contribution in [0.5, 0.6) is 0 Å². The number of ether oxygens (including phenoxy) is 2. The average molecular weight is 485 g/mol. The van der Waals surface area contributed by atoms with E-state index >= 15 is 0 Å². The van der Waals surface area contributed by atoms with Gasteiger partial charge < -0.3 is 14.4 Å². The summed E-state index contributed by atoms with van der Waals surface area (Å²) in [6, 6.07) is 8.98. The molecule has 0 atom stereocenters. The van der Waals surface area contributed by atoms with Gasteiger partial charge in [-0.1, -0.05) is 6.58 Å². The topological polar surface area (TPSA) is 96.7 Å². The lowest BCUT2D eigenvalue weighted by molar-refractivity contribution is -0.145. The molecule has 2 aromatic rings. The Bertz CT molecular complexity index is 1130. The van der Waals surface area contributed by atoms with E-state index in [9.17, 15) is 19.6 Å². The van der Waals surface area contributed by atoms with Gasteiger partial charge in [-0.25, -0.2) is 9.59 Å². The van der Waals surface area contributed by atoms with E-state index in [0.29, 0.717) is 20.2 Å². The highest BCUT2D eigenvalue weighted by atomic mass is 32.1. The van der Waals surface area contributed by atoms with Gasteiger partial charge in [0.2, 0.25) is 5.78 Å². The van der Waals surface area contributed by atoms with Gasteiger partial charge in [0.05, 0.1) is 21.4 Å². The predicted octanol–water partition coefficient (Wildman–Crippen LogP) is 4.60. The van der Waals surface area contributed by atoms with Gasteiger partial charge >= 0.3 is 11.9 Å². The summed E-state index contributed by atoms with van der Waals surface area (Å²) in [5.41, 5.74) is 0.296. The lowest BCUT2D eigenvalue weighted by Gasteiger charge is -2.32. The van der Waals surface area contributed by atoms with Crippen LogP contribution in [-0.2, 0) is 19.1 Å². The number of esters is 2. The number of nitrogens with zero attached hydrogens (tertiary/aromatic N) is 2. The maximum absolute atomic E-state index is 12.9. The van der Waals surface area contributed by atoms with Gasteiger partial charge in [-0.05, 0) is 44.2 Å². The minimum Gasteiger partial charge on any atom is -0.462 e. The van der Waals surface area contributed by atoms with Crippen molar-refractivity contribution < 1.29 is 23.9 Å². The van der Waals surface area contributed by atoms with Gasteiger partial charge in [0.15, 0.2) is 0 Å². The van der Waals surface area contributed by atoms with Crippen molar-refractivity contribution in [3.8, 4) is 6.07 Å². The zero-order valence-corrected chi connectivity index (χ0v) is 20.1. The molecule has 0 radical (unpaired) electrons. The first kappa shape index (κ1) is 24.4. The predicted molar refractivity (Wildman–Crippen MR) is 128 cm³/mol. The molecule has 0 saturated carbocycles. The Morgan fingerprint density at radius 1 is 1.15 bits per heavy atom. The highest BCUT2D eigenvalue weighted by Crippen LogP contribution is 2.32. The summed E-state index contributed by atoms with van der Waals surface area (Å²) in [5, 5.41) is 10.2. The molecular formula is C24H24N2O5S2. The second kappa shape index (κ2) is 11.1. The van der Waals surface area contributed by atoms with E-state index in [0.717, 1.165) is 30.9 Å². The number of ketones is 1. The van der Waals surface area contributed by atoms with Gasteiger partial charge in [0, 0.05) is 36.4 Å². The molecule has 0 bridgehead atoms. The van der Waals surface area contributed by atoms with Crippen molar-refractivity contribution in [1.29, 1.82) is 5.26 Å². The third-order valence-corrected chi connectivity index (χ3v) is 7.12. The lowest BCUT2D eigenvalue weighted by Crippen LogP contribution is -2.37. The molecule has 172 valence electrons. The molecule has 2 aromatic heterocycles. The molecule has 0 spiro atoms. The highest BCUT2D eigenvalue weighted by molar-refractivity contribution is 7.20. The van der Waals surface area contributed by atoms with E-state index in [1.807, 2.05) is 18.2 Å². The molecule has 0 aliphatic carbocycles. The van der Waals surface area contributed by atoms with Gasteiger partial charge in [-0.15, -0.1) is 22.7 Å². The molecule has 33 heavy (non-hydrogen) atoms. The third kappa shape index (κ3) is 6.18. The molecule has 3 rings (SSSR count). The molecule has 1 aliphatic rings. The van der Waals surface area contributed by atoms with Crippen molar-refractivity contribution >= 4 is 51.5 Å². The van der Waals surface area contributed by atoms with Crippen LogP contribution in [0.3, 0.4) is 0 Å². The van der Waals surface area contributed by atoms with Crippen LogP contribution in [-0.4, -0.2) is 43.5 Å². The maximum Gasteiger partial charge on any atom is 0.348 e. The summed E-state index contributed by atoms with van der Waals surface area (Å²) in [5.74, 6) is -1.13. The molecule has 9 heteroatoms. The van der Waals surface area contributed by atoms with E-state index < -0.39 is 5.97 Å². The maximum atomic E-state index is 12.9. The van der Waals surface area contributed by atoms with Crippen LogP contribution < -0.4 is 4.90 Å². The number of rotatable bonds is 8. The van der Waals surface area contributed by atoms with Crippen LogP contribution in [0.2, 0.25) is 0 Å². The molecule has 0 aromatic carbocycles. The number of hydrogen-bond donors (Lipinski definition) is 0. The smallest absolute Gasteiger partial charge is 0.348 e. The van der Waals surface area contributed by atoms with Crippen LogP contribution in [0.25, 0.3) is 6.08 Å². The molecule has 0 amide bonds. The molecule has 1 fully saturated rings. The van der Waals surface area contributed by atoms with Gasteiger partial charge in [-0.2, -0.15) is 5.26 Å². The van der Waals surface area contributed by atoms with E-state index in [4.69, 9.17) is 9.47 Å². The average Bonchev–Trinajstić information content (AvgIpc) is 3.47. The number of nitriles is 1. The van der Waals surface area contributed by atoms with Crippen molar-refractivity contribution in [1.82, 2.24) is 0 Å². The number of piperidine rings is 1. The second-order valence-corrected chi connectivity index (χ2v) is 9.61. The minimum atomic E-state index is -0.678. The van der Waals surface area contributed by atoms with Gasteiger partial charge in [0.1, 0.15) is 17.7 Å². The molecule has 1 aliphatic heterocycles. The number of thiophene rings is 2. The van der Waals surface area contributed by atoms with Crippen molar-refractivity contribution in [2.45, 2.75) is 32.8 Å². The van der Waals surface area contributed by atoms with Crippen molar-refractivity contribution in [2.24, 2.45) is 0 Å². The largest absolute Gasteiger partial charge is 0.462 e. The summed E-state index contributed by atoms with van der Waals surface area (Å²) in [4.78, 5) is 40.4. The molecule has 3 heterocycles. The lowest BCUT2D eigenvalue weighted by atomic mass is 10.1. The number of carbonyl (C=O) groups is 3. The Balaban J connectivity index is 1.63. The van der Waals surface area contributed by atoms with Crippen LogP contribution in [0.4, 0.5) is 5.00 Å². The van der Waals surface area contributed by atoms with Crippen LogP contribution in [0.1, 0.15) is 46.1 Å². The molecule has 7 nitrogen and oxygen atoms in total. The number of anilines is 1. The van der Waals surface area contributed by atoms with E-state index in [2.05, 4.69) is 11.5 Å². The number of hydrogen-bond acceptors (Lipinski definition) is 9. The quantitative estimate of drug-likeness (QED) is 0.234. The standard InChI is InChI=1S/C24H24N2O5S2/c1-4-30-24(29)16(14-25)13-18-5-6-19(32-18)22(27)20-7-8-21(33-20)26-11-9-17(10-12-26)31-23(28)15(2)3/h5-8,13,17H,2,4,9-12H2,1,3H3. The summed E-state index contributed by atoms with van der Waals surface area (Å²) in [6.45, 7) is 8.58. The zero-order chi connectivity index (χ0) is 24.0. The highest BCUT2D eigenvalue weighted by Gasteiger charge is 2.24. The third-order valence-electron chi connectivity index (χ3n) is 4.94.